The number of carbonyl (C=O) groups is 3. The minimum atomic E-state index is -3.25. The Morgan fingerprint density at radius 3 is 2.58 bits per heavy atom. The summed E-state index contributed by atoms with van der Waals surface area (Å²) in [7, 11) is 1.44. The lowest BCUT2D eigenvalue weighted by Crippen LogP contribution is -2.33. The zero-order valence-corrected chi connectivity index (χ0v) is 21.1. The van der Waals surface area contributed by atoms with Crippen molar-refractivity contribution in [2.75, 3.05) is 38.7 Å². The van der Waals surface area contributed by atoms with Crippen molar-refractivity contribution < 1.29 is 37.4 Å². The average Bonchev–Trinajstić information content (AvgIpc) is 3.25. The van der Waals surface area contributed by atoms with Crippen LogP contribution in [0.2, 0.25) is 0 Å². The highest BCUT2D eigenvalue weighted by atomic mass is 19.3. The number of fused-ring (bicyclic) bond motifs is 1. The standard InChI is InChI=1S/C26H34F2N2O6/c1-16(8-10-20(31)35-14-13-30-11-5-4-6-12-30)7-9-18-22(29-25(32)24(27)28)21-19(15-36-26(21)33)17(2)23(18)34-3/h7,24H,4-6,8-15H2,1-3H3,(H,29,32). The van der Waals surface area contributed by atoms with E-state index >= 15 is 0 Å². The second-order valence-corrected chi connectivity index (χ2v) is 9.11. The number of halogens is 2. The molecule has 198 valence electrons. The minimum Gasteiger partial charge on any atom is -0.496 e. The lowest BCUT2D eigenvalue weighted by molar-refractivity contribution is -0.144. The summed E-state index contributed by atoms with van der Waals surface area (Å²) in [5.74, 6) is -2.09. The molecule has 1 amide bonds. The normalized spacial score (nSPS) is 16.1. The smallest absolute Gasteiger partial charge is 0.341 e. The van der Waals surface area contributed by atoms with E-state index in [0.29, 0.717) is 35.5 Å². The monoisotopic (exact) mass is 508 g/mol. The summed E-state index contributed by atoms with van der Waals surface area (Å²) in [4.78, 5) is 38.7. The first kappa shape index (κ1) is 27.6. The van der Waals surface area contributed by atoms with Crippen molar-refractivity contribution in [3.63, 3.8) is 0 Å². The number of esters is 2. The molecule has 1 aromatic carbocycles. The zero-order chi connectivity index (χ0) is 26.2. The Morgan fingerprint density at radius 1 is 1.19 bits per heavy atom. The van der Waals surface area contributed by atoms with Gasteiger partial charge in [-0.2, -0.15) is 8.78 Å². The molecule has 0 unspecified atom stereocenters. The van der Waals surface area contributed by atoms with Crippen molar-refractivity contribution >= 4 is 23.5 Å². The van der Waals surface area contributed by atoms with E-state index in [2.05, 4.69) is 10.2 Å². The van der Waals surface area contributed by atoms with Crippen LogP contribution in [0, 0.1) is 6.92 Å². The van der Waals surface area contributed by atoms with Gasteiger partial charge in [0.05, 0.1) is 18.4 Å². The number of alkyl halides is 2. The van der Waals surface area contributed by atoms with Crippen molar-refractivity contribution in [3.05, 3.63) is 33.9 Å². The molecule has 0 aromatic heterocycles. The quantitative estimate of drug-likeness (QED) is 0.354. The fourth-order valence-corrected chi connectivity index (χ4v) is 4.59. The first-order valence-electron chi connectivity index (χ1n) is 12.2. The van der Waals surface area contributed by atoms with Gasteiger partial charge in [-0.1, -0.05) is 18.1 Å². The molecule has 0 bridgehead atoms. The second kappa shape index (κ2) is 12.8. The molecular weight excluding hydrogens is 474 g/mol. The van der Waals surface area contributed by atoms with Gasteiger partial charge in [-0.3, -0.25) is 14.5 Å². The maximum atomic E-state index is 13.0. The Hall–Kier alpha value is -3.01. The Labute approximate surface area is 209 Å². The molecule has 2 aliphatic heterocycles. The number of nitrogens with zero attached hydrogens (tertiary/aromatic N) is 1. The summed E-state index contributed by atoms with van der Waals surface area (Å²) >= 11 is 0. The number of methoxy groups -OCH3 is 1. The third kappa shape index (κ3) is 6.81. The second-order valence-electron chi connectivity index (χ2n) is 9.11. The molecule has 8 nitrogen and oxygen atoms in total. The van der Waals surface area contributed by atoms with E-state index in [1.54, 1.807) is 6.92 Å². The maximum Gasteiger partial charge on any atom is 0.341 e. The number of likely N-dealkylation sites (tertiary alicyclic amines) is 1. The van der Waals surface area contributed by atoms with Crippen molar-refractivity contribution in [1.82, 2.24) is 4.90 Å². The van der Waals surface area contributed by atoms with E-state index in [4.69, 9.17) is 14.2 Å². The van der Waals surface area contributed by atoms with Crippen molar-refractivity contribution in [2.24, 2.45) is 0 Å². The summed E-state index contributed by atoms with van der Waals surface area (Å²) in [6.07, 6.45) is 3.05. The van der Waals surface area contributed by atoms with E-state index in [9.17, 15) is 23.2 Å². The maximum absolute atomic E-state index is 13.0. The Kier molecular flexibility index (Phi) is 9.81. The van der Waals surface area contributed by atoms with Crippen LogP contribution >= 0.6 is 0 Å². The molecule has 1 N–H and O–H groups in total. The van der Waals surface area contributed by atoms with Crippen LogP contribution in [0.1, 0.15) is 66.1 Å². The van der Waals surface area contributed by atoms with Gasteiger partial charge in [-0.15, -0.1) is 0 Å². The molecule has 1 aromatic rings. The molecule has 0 aliphatic carbocycles. The number of amides is 1. The summed E-state index contributed by atoms with van der Waals surface area (Å²) in [5, 5.41) is 2.19. The summed E-state index contributed by atoms with van der Waals surface area (Å²) in [6.45, 7) is 6.77. The topological polar surface area (TPSA) is 94.2 Å². The lowest BCUT2D eigenvalue weighted by Gasteiger charge is -2.25. The van der Waals surface area contributed by atoms with E-state index in [1.165, 1.54) is 26.4 Å². The van der Waals surface area contributed by atoms with Gasteiger partial charge in [-0.25, -0.2) is 4.79 Å². The zero-order valence-electron chi connectivity index (χ0n) is 21.1. The van der Waals surface area contributed by atoms with Crippen LogP contribution < -0.4 is 10.1 Å². The molecule has 1 saturated heterocycles. The summed E-state index contributed by atoms with van der Waals surface area (Å²) in [5.41, 5.74) is 2.45. The molecule has 3 rings (SSSR count). The lowest BCUT2D eigenvalue weighted by atomic mass is 9.93. The van der Waals surface area contributed by atoms with Gasteiger partial charge in [0, 0.05) is 24.1 Å². The molecule has 0 atom stereocenters. The number of allylic oxidation sites excluding steroid dienone is 2. The van der Waals surface area contributed by atoms with Gasteiger partial charge < -0.3 is 19.5 Å². The highest BCUT2D eigenvalue weighted by Gasteiger charge is 2.33. The number of ether oxygens (including phenoxy) is 3. The third-order valence-corrected chi connectivity index (χ3v) is 6.62. The predicted molar refractivity (Wildman–Crippen MR) is 129 cm³/mol. The van der Waals surface area contributed by atoms with Crippen LogP contribution in [0.3, 0.4) is 0 Å². The minimum absolute atomic E-state index is 0.0249. The summed E-state index contributed by atoms with van der Waals surface area (Å²) in [6, 6.07) is 0. The number of benzene rings is 1. The number of cyclic esters (lactones) is 1. The van der Waals surface area contributed by atoms with Crippen LogP contribution in [0.5, 0.6) is 5.75 Å². The fraction of sp³-hybridized carbons (Fsp3) is 0.577. The Bertz CT molecular complexity index is 1020. The molecule has 36 heavy (non-hydrogen) atoms. The fourth-order valence-electron chi connectivity index (χ4n) is 4.59. The molecule has 2 heterocycles. The molecule has 2 aliphatic rings. The highest BCUT2D eigenvalue weighted by molar-refractivity contribution is 6.06. The van der Waals surface area contributed by atoms with Gasteiger partial charge in [0.1, 0.15) is 19.0 Å². The van der Waals surface area contributed by atoms with E-state index in [0.717, 1.165) is 25.2 Å². The molecule has 0 radical (unpaired) electrons. The number of nitrogens with one attached hydrogen (secondary N) is 1. The van der Waals surface area contributed by atoms with Gasteiger partial charge in [0.25, 0.3) is 5.91 Å². The first-order valence-corrected chi connectivity index (χ1v) is 12.2. The largest absolute Gasteiger partial charge is 0.496 e. The Balaban J connectivity index is 1.68. The van der Waals surface area contributed by atoms with Gasteiger partial charge >= 0.3 is 18.4 Å². The van der Waals surface area contributed by atoms with Crippen LogP contribution in [0.25, 0.3) is 0 Å². The molecule has 0 saturated carbocycles. The number of anilines is 1. The van der Waals surface area contributed by atoms with Crippen molar-refractivity contribution in [1.29, 1.82) is 0 Å². The third-order valence-electron chi connectivity index (χ3n) is 6.62. The Morgan fingerprint density at radius 2 is 1.92 bits per heavy atom. The van der Waals surface area contributed by atoms with Crippen LogP contribution in [0.15, 0.2) is 11.6 Å². The average molecular weight is 509 g/mol. The first-order chi connectivity index (χ1) is 17.2. The summed E-state index contributed by atoms with van der Waals surface area (Å²) < 4.78 is 42.0. The van der Waals surface area contributed by atoms with Crippen LogP contribution in [0.4, 0.5) is 14.5 Å². The van der Waals surface area contributed by atoms with Crippen molar-refractivity contribution in [3.8, 4) is 5.75 Å². The van der Waals surface area contributed by atoms with Crippen molar-refractivity contribution in [2.45, 2.75) is 65.4 Å². The SMILES string of the molecule is COc1c(C)c2c(c(NC(=O)C(F)F)c1CC=C(C)CCC(=O)OCCN1CCCCC1)C(=O)OC2. The number of piperidine rings is 1. The van der Waals surface area contributed by atoms with E-state index < -0.39 is 18.3 Å². The van der Waals surface area contributed by atoms with Gasteiger partial charge in [0.15, 0.2) is 0 Å². The van der Waals surface area contributed by atoms with E-state index in [1.807, 2.05) is 13.0 Å². The number of hydrogen-bond acceptors (Lipinski definition) is 7. The van der Waals surface area contributed by atoms with Gasteiger partial charge in [-0.05, 0) is 58.2 Å². The molecular formula is C26H34F2N2O6. The molecule has 0 spiro atoms. The van der Waals surface area contributed by atoms with Crippen LogP contribution in [-0.4, -0.2) is 62.5 Å². The van der Waals surface area contributed by atoms with Gasteiger partial charge in [0.2, 0.25) is 0 Å². The molecule has 1 fully saturated rings. The number of hydrogen-bond donors (Lipinski definition) is 1. The number of rotatable bonds is 11. The van der Waals surface area contributed by atoms with Crippen LogP contribution in [-0.2, 0) is 32.1 Å². The van der Waals surface area contributed by atoms with E-state index in [-0.39, 0.29) is 36.7 Å². The number of carbonyl (C=O) groups excluding carboxylic acids is 3. The highest BCUT2D eigenvalue weighted by Crippen LogP contribution is 2.41. The molecule has 10 heteroatoms. The predicted octanol–water partition coefficient (Wildman–Crippen LogP) is 4.18.